The molecule has 32 heavy (non-hydrogen) atoms. The first-order valence-electron chi connectivity index (χ1n) is 11.6. The summed E-state index contributed by atoms with van der Waals surface area (Å²) in [5, 5.41) is 6.82. The lowest BCUT2D eigenvalue weighted by molar-refractivity contribution is -0.172. The van der Waals surface area contributed by atoms with E-state index in [9.17, 15) is 4.79 Å². The number of carbonyl (C=O) groups excluding carboxylic acids is 1. The van der Waals surface area contributed by atoms with E-state index >= 15 is 0 Å². The highest BCUT2D eigenvalue weighted by molar-refractivity contribution is 5.69. The fraction of sp³-hybridized carbons (Fsp3) is 0.792. The number of ether oxygens (including phenoxy) is 4. The van der Waals surface area contributed by atoms with Gasteiger partial charge in [-0.25, -0.2) is 4.98 Å². The molecule has 2 saturated heterocycles. The van der Waals surface area contributed by atoms with Gasteiger partial charge in [0.25, 0.3) is 0 Å². The molecule has 2 aliphatic heterocycles. The van der Waals surface area contributed by atoms with Crippen molar-refractivity contribution in [1.82, 2.24) is 15.2 Å². The lowest BCUT2D eigenvalue weighted by Crippen LogP contribution is -2.55. The van der Waals surface area contributed by atoms with Crippen molar-refractivity contribution in [3.05, 3.63) is 23.8 Å². The van der Waals surface area contributed by atoms with Crippen LogP contribution in [0.1, 0.15) is 72.5 Å². The van der Waals surface area contributed by atoms with E-state index in [0.29, 0.717) is 12.8 Å². The maximum absolute atomic E-state index is 12.8. The van der Waals surface area contributed by atoms with Gasteiger partial charge in [-0.2, -0.15) is 5.10 Å². The van der Waals surface area contributed by atoms with Gasteiger partial charge in [0.05, 0.1) is 18.6 Å². The van der Waals surface area contributed by atoms with Gasteiger partial charge in [0, 0.05) is 18.9 Å². The van der Waals surface area contributed by atoms with Crippen molar-refractivity contribution < 1.29 is 23.7 Å². The average molecular weight is 448 g/mol. The molecule has 1 aromatic rings. The van der Waals surface area contributed by atoms with E-state index in [1.165, 1.54) is 11.9 Å². The van der Waals surface area contributed by atoms with Gasteiger partial charge < -0.3 is 18.9 Å². The molecular weight excluding hydrogens is 410 g/mol. The fourth-order valence-corrected chi connectivity index (χ4v) is 5.36. The van der Waals surface area contributed by atoms with Crippen LogP contribution in [0, 0.1) is 5.92 Å². The third-order valence-electron chi connectivity index (χ3n) is 7.53. The minimum Gasteiger partial charge on any atom is -0.460 e. The lowest BCUT2D eigenvalue weighted by Gasteiger charge is -2.42. The van der Waals surface area contributed by atoms with E-state index in [4.69, 9.17) is 18.9 Å². The summed E-state index contributed by atoms with van der Waals surface area (Å²) in [5.41, 5.74) is 0.451. The largest absolute Gasteiger partial charge is 0.460 e. The van der Waals surface area contributed by atoms with Crippen molar-refractivity contribution >= 4 is 5.97 Å². The van der Waals surface area contributed by atoms with Crippen LogP contribution < -0.4 is 0 Å². The maximum Gasteiger partial charge on any atom is 0.306 e. The van der Waals surface area contributed by atoms with E-state index in [1.807, 2.05) is 13.8 Å². The summed E-state index contributed by atoms with van der Waals surface area (Å²) in [7, 11) is 1.70. The van der Waals surface area contributed by atoms with E-state index in [2.05, 4.69) is 42.0 Å². The number of rotatable bonds is 9. The molecule has 0 aromatic carbocycles. The minimum absolute atomic E-state index is 0.0350. The number of hydrogen-bond donors (Lipinski definition) is 1. The fourth-order valence-electron chi connectivity index (χ4n) is 5.36. The summed E-state index contributed by atoms with van der Waals surface area (Å²) in [6.45, 7) is 11.2. The van der Waals surface area contributed by atoms with E-state index in [0.717, 1.165) is 31.7 Å². The smallest absolute Gasteiger partial charge is 0.306 e. The van der Waals surface area contributed by atoms with Crippen LogP contribution in [0.4, 0.5) is 0 Å². The molecule has 1 saturated carbocycles. The van der Waals surface area contributed by atoms with Crippen molar-refractivity contribution in [2.24, 2.45) is 5.92 Å². The first-order chi connectivity index (χ1) is 15.1. The average Bonchev–Trinajstić information content (AvgIpc) is 3.56. The number of aromatic nitrogens is 3. The monoisotopic (exact) mass is 447 g/mol. The topological polar surface area (TPSA) is 102 Å². The molecule has 3 aliphatic rings. The van der Waals surface area contributed by atoms with Crippen LogP contribution >= 0.6 is 0 Å². The van der Waals surface area contributed by atoms with E-state index < -0.39 is 0 Å². The van der Waals surface area contributed by atoms with Gasteiger partial charge in [-0.15, -0.1) is 0 Å². The van der Waals surface area contributed by atoms with Gasteiger partial charge in [-0.1, -0.05) is 25.5 Å². The number of aromatic amines is 1. The minimum atomic E-state index is -0.331. The highest BCUT2D eigenvalue weighted by Gasteiger charge is 2.72. The van der Waals surface area contributed by atoms with Gasteiger partial charge in [-0.05, 0) is 46.5 Å². The number of epoxide rings is 2. The van der Waals surface area contributed by atoms with Crippen LogP contribution in [0.25, 0.3) is 0 Å². The van der Waals surface area contributed by atoms with Crippen molar-refractivity contribution in [2.75, 3.05) is 13.7 Å². The third kappa shape index (κ3) is 4.50. The van der Waals surface area contributed by atoms with E-state index in [1.54, 1.807) is 7.11 Å². The molecule has 4 rings (SSSR count). The van der Waals surface area contributed by atoms with Gasteiger partial charge in [0.15, 0.2) is 0 Å². The zero-order chi connectivity index (χ0) is 23.1. The molecule has 1 spiro atoms. The number of esters is 1. The Bertz CT molecular complexity index is 844. The highest BCUT2D eigenvalue weighted by Crippen LogP contribution is 2.59. The molecule has 178 valence electrons. The molecule has 3 heterocycles. The first kappa shape index (κ1) is 23.4. The van der Waals surface area contributed by atoms with Crippen LogP contribution in [0.3, 0.4) is 0 Å². The molecule has 8 heteroatoms. The second-order valence-electron chi connectivity index (χ2n) is 10.6. The highest BCUT2D eigenvalue weighted by atomic mass is 16.6. The molecule has 0 unspecified atom stereocenters. The molecule has 6 atom stereocenters. The summed E-state index contributed by atoms with van der Waals surface area (Å²) in [5.74, 6) is 0.596. The molecule has 1 aromatic heterocycles. The van der Waals surface area contributed by atoms with Crippen LogP contribution in [-0.4, -0.2) is 64.4 Å². The van der Waals surface area contributed by atoms with Crippen molar-refractivity contribution in [2.45, 2.75) is 102 Å². The van der Waals surface area contributed by atoms with E-state index in [-0.39, 0.29) is 46.8 Å². The maximum atomic E-state index is 12.8. The SMILES string of the molecule is CO[C@@H]1[C@H](OC(=O)CCC(C)(C)c2ncn[nH]2)CC[C@]2(CO2)[C@H]1[C@@]1(C)O[C@@H]1CC=C(C)C. The summed E-state index contributed by atoms with van der Waals surface area (Å²) in [6, 6.07) is 0. The normalized spacial score (nSPS) is 36.1. The Kier molecular flexibility index (Phi) is 6.24. The number of hydrogen-bond acceptors (Lipinski definition) is 7. The molecule has 0 radical (unpaired) electrons. The Labute approximate surface area is 190 Å². The predicted molar refractivity (Wildman–Crippen MR) is 118 cm³/mol. The number of nitrogens with one attached hydrogen (secondary N) is 1. The predicted octanol–water partition coefficient (Wildman–Crippen LogP) is 3.48. The second-order valence-corrected chi connectivity index (χ2v) is 10.6. The Morgan fingerprint density at radius 2 is 2.16 bits per heavy atom. The van der Waals surface area contributed by atoms with Crippen molar-refractivity contribution in [3.63, 3.8) is 0 Å². The third-order valence-corrected chi connectivity index (χ3v) is 7.53. The van der Waals surface area contributed by atoms with Gasteiger partial charge in [-0.3, -0.25) is 9.89 Å². The van der Waals surface area contributed by atoms with Gasteiger partial charge in [0.2, 0.25) is 0 Å². The molecule has 0 bridgehead atoms. The Morgan fingerprint density at radius 1 is 1.41 bits per heavy atom. The van der Waals surface area contributed by atoms with Crippen LogP contribution in [0.2, 0.25) is 0 Å². The second kappa shape index (κ2) is 8.54. The Morgan fingerprint density at radius 3 is 2.75 bits per heavy atom. The zero-order valence-corrected chi connectivity index (χ0v) is 20.1. The quantitative estimate of drug-likeness (QED) is 0.351. The molecule has 1 N–H and O–H groups in total. The molecular formula is C24H37N3O5. The summed E-state index contributed by atoms with van der Waals surface area (Å²) in [6.07, 6.45) is 6.69. The van der Waals surface area contributed by atoms with Crippen LogP contribution in [0.15, 0.2) is 18.0 Å². The first-order valence-corrected chi connectivity index (χ1v) is 11.6. The van der Waals surface area contributed by atoms with Crippen LogP contribution in [-0.2, 0) is 29.2 Å². The zero-order valence-electron chi connectivity index (χ0n) is 20.1. The van der Waals surface area contributed by atoms with Crippen LogP contribution in [0.5, 0.6) is 0 Å². The number of methoxy groups -OCH3 is 1. The van der Waals surface area contributed by atoms with Gasteiger partial charge >= 0.3 is 5.97 Å². The number of H-pyrrole nitrogens is 1. The summed E-state index contributed by atoms with van der Waals surface area (Å²) in [4.78, 5) is 17.0. The molecule has 8 nitrogen and oxygen atoms in total. The standard InChI is InChI=1S/C24H37N3O5/c1-15(2)7-8-17-23(5,32-17)20-19(29-6)16(9-12-24(20)13-30-24)31-18(28)10-11-22(3,4)21-25-14-26-27-21/h7,14,16-17,19-20H,8-13H2,1-6H3,(H,25,26,27)/t16-,17-,19-,20-,23+,24+/m1/s1. The Hall–Kier alpha value is -1.77. The Balaban J connectivity index is 1.40. The summed E-state index contributed by atoms with van der Waals surface area (Å²) < 4.78 is 24.1. The molecule has 0 amide bonds. The lowest BCUT2D eigenvalue weighted by atomic mass is 9.68. The van der Waals surface area contributed by atoms with Crippen molar-refractivity contribution in [1.29, 1.82) is 0 Å². The van der Waals surface area contributed by atoms with Gasteiger partial charge in [0.1, 0.15) is 35.6 Å². The molecule has 3 fully saturated rings. The molecule has 1 aliphatic carbocycles. The number of carbonyl (C=O) groups is 1. The van der Waals surface area contributed by atoms with Crippen molar-refractivity contribution in [3.8, 4) is 0 Å². The number of nitrogens with zero attached hydrogens (tertiary/aromatic N) is 2. The number of allylic oxidation sites excluding steroid dienone is 1. The summed E-state index contributed by atoms with van der Waals surface area (Å²) >= 11 is 0.